The number of hydrogen-bond acceptors (Lipinski definition) is 3. The molecule has 130 valence electrons. The van der Waals surface area contributed by atoms with Gasteiger partial charge in [-0.05, 0) is 41.7 Å². The third-order valence-electron chi connectivity index (χ3n) is 4.42. The summed E-state index contributed by atoms with van der Waals surface area (Å²) in [6.07, 6.45) is 3.63. The Morgan fingerprint density at radius 2 is 1.92 bits per heavy atom. The van der Waals surface area contributed by atoms with Crippen molar-refractivity contribution in [2.75, 3.05) is 13.7 Å². The van der Waals surface area contributed by atoms with Crippen molar-refractivity contribution in [1.29, 1.82) is 0 Å². The van der Waals surface area contributed by atoms with Crippen molar-refractivity contribution in [3.8, 4) is 11.5 Å². The first-order valence-corrected chi connectivity index (χ1v) is 8.72. The molecule has 0 atom stereocenters. The highest BCUT2D eigenvalue weighted by atomic mass is 16.5. The van der Waals surface area contributed by atoms with E-state index in [0.717, 1.165) is 34.4 Å². The summed E-state index contributed by atoms with van der Waals surface area (Å²) in [5.74, 6) is 2.16. The Hall–Kier alpha value is -2.55. The molecule has 2 aromatic rings. The Morgan fingerprint density at radius 3 is 2.64 bits per heavy atom. The second-order valence-electron chi connectivity index (χ2n) is 6.77. The van der Waals surface area contributed by atoms with Gasteiger partial charge >= 0.3 is 0 Å². The Kier molecular flexibility index (Phi) is 5.22. The first-order valence-electron chi connectivity index (χ1n) is 8.72. The van der Waals surface area contributed by atoms with Crippen molar-refractivity contribution < 1.29 is 14.3 Å². The molecule has 0 fully saturated rings. The largest absolute Gasteiger partial charge is 0.493 e. The van der Waals surface area contributed by atoms with Crippen LogP contribution in [0.25, 0.3) is 6.08 Å². The maximum atomic E-state index is 12.5. The summed E-state index contributed by atoms with van der Waals surface area (Å²) in [5.41, 5.74) is 3.68. The summed E-state index contributed by atoms with van der Waals surface area (Å²) in [4.78, 5) is 12.5. The van der Waals surface area contributed by atoms with E-state index in [9.17, 15) is 4.79 Å². The quantitative estimate of drug-likeness (QED) is 0.701. The fraction of sp³-hybridized carbons (Fsp3) is 0.318. The van der Waals surface area contributed by atoms with E-state index in [1.807, 2.05) is 48.5 Å². The first-order chi connectivity index (χ1) is 12.1. The number of carbonyl (C=O) groups is 1. The highest BCUT2D eigenvalue weighted by Crippen LogP contribution is 2.32. The fourth-order valence-electron chi connectivity index (χ4n) is 2.97. The van der Waals surface area contributed by atoms with Crippen LogP contribution in [0.1, 0.15) is 41.8 Å². The molecule has 0 saturated heterocycles. The molecular weight excluding hydrogens is 312 g/mol. The molecule has 25 heavy (non-hydrogen) atoms. The van der Waals surface area contributed by atoms with Crippen LogP contribution in [0.5, 0.6) is 11.5 Å². The van der Waals surface area contributed by atoms with E-state index in [2.05, 4.69) is 13.8 Å². The lowest BCUT2D eigenvalue weighted by Gasteiger charge is -2.12. The van der Waals surface area contributed by atoms with Gasteiger partial charge in [0.15, 0.2) is 17.3 Å². The van der Waals surface area contributed by atoms with Gasteiger partial charge in [-0.3, -0.25) is 4.79 Å². The molecule has 3 rings (SSSR count). The lowest BCUT2D eigenvalue weighted by molar-refractivity contribution is 0.104. The first kappa shape index (κ1) is 17.3. The van der Waals surface area contributed by atoms with Crippen LogP contribution >= 0.6 is 0 Å². The maximum absolute atomic E-state index is 12.5. The molecule has 1 aliphatic rings. The van der Waals surface area contributed by atoms with Gasteiger partial charge in [0, 0.05) is 17.6 Å². The summed E-state index contributed by atoms with van der Waals surface area (Å²) in [6, 6.07) is 13.6. The number of methoxy groups -OCH3 is 1. The van der Waals surface area contributed by atoms with Crippen LogP contribution in [-0.2, 0) is 6.42 Å². The van der Waals surface area contributed by atoms with E-state index >= 15 is 0 Å². The SMILES string of the molecule is COc1cc(/C=C2\Cc3ccccc3C2=O)ccc1OCCC(C)C. The number of rotatable bonds is 6. The molecular formula is C22H24O3. The normalized spacial score (nSPS) is 14.9. The van der Waals surface area contributed by atoms with E-state index < -0.39 is 0 Å². The molecule has 0 aromatic heterocycles. The molecule has 0 bridgehead atoms. The van der Waals surface area contributed by atoms with Gasteiger partial charge in [0.1, 0.15) is 0 Å². The second-order valence-corrected chi connectivity index (χ2v) is 6.77. The molecule has 0 spiro atoms. The Morgan fingerprint density at radius 1 is 1.12 bits per heavy atom. The molecule has 0 aliphatic heterocycles. The predicted molar refractivity (Wildman–Crippen MR) is 100 cm³/mol. The van der Waals surface area contributed by atoms with Crippen molar-refractivity contribution in [3.05, 3.63) is 64.7 Å². The predicted octanol–water partition coefficient (Wildman–Crippen LogP) is 4.94. The van der Waals surface area contributed by atoms with E-state index in [1.54, 1.807) is 7.11 Å². The van der Waals surface area contributed by atoms with Crippen LogP contribution in [-0.4, -0.2) is 19.5 Å². The Labute approximate surface area is 149 Å². The topological polar surface area (TPSA) is 35.5 Å². The zero-order chi connectivity index (χ0) is 17.8. The number of ketones is 1. The summed E-state index contributed by atoms with van der Waals surface area (Å²) in [5, 5.41) is 0. The highest BCUT2D eigenvalue weighted by Gasteiger charge is 2.24. The number of fused-ring (bicyclic) bond motifs is 1. The molecule has 0 N–H and O–H groups in total. The van der Waals surface area contributed by atoms with Gasteiger partial charge in [-0.2, -0.15) is 0 Å². The lowest BCUT2D eigenvalue weighted by atomic mass is 10.1. The van der Waals surface area contributed by atoms with E-state index in [1.165, 1.54) is 0 Å². The van der Waals surface area contributed by atoms with E-state index in [0.29, 0.717) is 24.7 Å². The van der Waals surface area contributed by atoms with Gasteiger partial charge < -0.3 is 9.47 Å². The molecule has 0 heterocycles. The van der Waals surface area contributed by atoms with E-state index in [-0.39, 0.29) is 5.78 Å². The zero-order valence-corrected chi connectivity index (χ0v) is 15.0. The second kappa shape index (κ2) is 7.56. The third-order valence-corrected chi connectivity index (χ3v) is 4.42. The van der Waals surface area contributed by atoms with Gasteiger partial charge in [-0.15, -0.1) is 0 Å². The van der Waals surface area contributed by atoms with Gasteiger partial charge in [-0.25, -0.2) is 0 Å². The molecule has 0 amide bonds. The van der Waals surface area contributed by atoms with Gasteiger partial charge in [0.2, 0.25) is 0 Å². The van der Waals surface area contributed by atoms with Crippen molar-refractivity contribution >= 4 is 11.9 Å². The Balaban J connectivity index is 1.79. The minimum Gasteiger partial charge on any atom is -0.493 e. The molecule has 3 nitrogen and oxygen atoms in total. The van der Waals surface area contributed by atoms with Gasteiger partial charge in [0.25, 0.3) is 0 Å². The monoisotopic (exact) mass is 336 g/mol. The summed E-state index contributed by atoms with van der Waals surface area (Å²) in [6.45, 7) is 5.02. The number of hydrogen-bond donors (Lipinski definition) is 0. The van der Waals surface area contributed by atoms with Crippen LogP contribution in [0.2, 0.25) is 0 Å². The Bertz CT molecular complexity index is 803. The van der Waals surface area contributed by atoms with Crippen LogP contribution in [0.15, 0.2) is 48.0 Å². The average molecular weight is 336 g/mol. The van der Waals surface area contributed by atoms with E-state index in [4.69, 9.17) is 9.47 Å². The number of allylic oxidation sites excluding steroid dienone is 1. The molecule has 0 saturated carbocycles. The van der Waals surface area contributed by atoms with Crippen molar-refractivity contribution in [1.82, 2.24) is 0 Å². The number of ether oxygens (including phenoxy) is 2. The summed E-state index contributed by atoms with van der Waals surface area (Å²) < 4.78 is 11.3. The average Bonchev–Trinajstić information content (AvgIpc) is 2.92. The van der Waals surface area contributed by atoms with Gasteiger partial charge in [0.05, 0.1) is 13.7 Å². The number of carbonyl (C=O) groups excluding carboxylic acids is 1. The van der Waals surface area contributed by atoms with Crippen LogP contribution in [0.3, 0.4) is 0 Å². The van der Waals surface area contributed by atoms with Crippen LogP contribution in [0, 0.1) is 5.92 Å². The van der Waals surface area contributed by atoms with Crippen LogP contribution in [0.4, 0.5) is 0 Å². The summed E-state index contributed by atoms with van der Waals surface area (Å²) in [7, 11) is 1.64. The lowest BCUT2D eigenvalue weighted by Crippen LogP contribution is -2.02. The zero-order valence-electron chi connectivity index (χ0n) is 15.0. The third kappa shape index (κ3) is 3.93. The van der Waals surface area contributed by atoms with Gasteiger partial charge in [-0.1, -0.05) is 44.2 Å². The standard InChI is InChI=1S/C22H24O3/c1-15(2)10-11-25-20-9-8-16(13-21(20)24-3)12-18-14-17-6-4-5-7-19(17)22(18)23/h4-9,12-13,15H,10-11,14H2,1-3H3/b18-12+. The highest BCUT2D eigenvalue weighted by molar-refractivity contribution is 6.15. The van der Waals surface area contributed by atoms with Crippen LogP contribution < -0.4 is 9.47 Å². The molecule has 0 radical (unpaired) electrons. The molecule has 1 aliphatic carbocycles. The number of Topliss-reactive ketones (excluding diaryl/α,β-unsaturated/α-hetero) is 1. The molecule has 2 aromatic carbocycles. The van der Waals surface area contributed by atoms with Crippen molar-refractivity contribution in [2.45, 2.75) is 26.7 Å². The smallest absolute Gasteiger partial charge is 0.189 e. The number of benzene rings is 2. The molecule has 3 heteroatoms. The van der Waals surface area contributed by atoms with Crippen molar-refractivity contribution in [2.24, 2.45) is 5.92 Å². The maximum Gasteiger partial charge on any atom is 0.189 e. The minimum atomic E-state index is 0.117. The summed E-state index contributed by atoms with van der Waals surface area (Å²) >= 11 is 0. The fourth-order valence-corrected chi connectivity index (χ4v) is 2.97. The van der Waals surface area contributed by atoms with Crippen molar-refractivity contribution in [3.63, 3.8) is 0 Å². The molecule has 0 unspecified atom stereocenters. The minimum absolute atomic E-state index is 0.117.